The molecule has 1 unspecified atom stereocenters. The lowest BCUT2D eigenvalue weighted by Crippen LogP contribution is -2.45. The van der Waals surface area contributed by atoms with Crippen molar-refractivity contribution in [2.24, 2.45) is 0 Å². The molecular formula is C21H27ClFN5O3. The number of nitrogens with one attached hydrogen (secondary N) is 1. The number of halogens is 2. The number of aldehydes is 1. The van der Waals surface area contributed by atoms with Crippen molar-refractivity contribution >= 4 is 29.6 Å². The van der Waals surface area contributed by atoms with Gasteiger partial charge in [-0.2, -0.15) is 5.10 Å². The molecule has 10 heteroatoms. The molecule has 1 aliphatic heterocycles. The molecule has 1 atom stereocenters. The predicted molar refractivity (Wildman–Crippen MR) is 116 cm³/mol. The average molecular weight is 452 g/mol. The number of aliphatic hydroxyl groups excluding tert-OH is 1. The molecule has 1 aliphatic rings. The lowest BCUT2D eigenvalue weighted by atomic mass is 9.97. The van der Waals surface area contributed by atoms with E-state index in [4.69, 9.17) is 11.6 Å². The number of aliphatic hydroxyl groups is 1. The van der Waals surface area contributed by atoms with Crippen molar-refractivity contribution in [2.45, 2.75) is 38.4 Å². The molecular weight excluding hydrogens is 425 g/mol. The minimum absolute atomic E-state index is 0.0151. The standard InChI is InChI=1S/C21H27ClFN5O3/c1-21(13-30,26(2)3)7-9-28-19(12-29)15-11-27(8-6-18(15)25-28)20(31)24-14-4-5-17(23)16(22)10-14/h4-5,10,12,30H,6-9,11,13H2,1-3H3,(H,24,31). The number of hydrogen-bond donors (Lipinski definition) is 2. The maximum Gasteiger partial charge on any atom is 0.322 e. The maximum absolute atomic E-state index is 13.3. The summed E-state index contributed by atoms with van der Waals surface area (Å²) in [7, 11) is 3.80. The number of urea groups is 1. The summed E-state index contributed by atoms with van der Waals surface area (Å²) in [6.45, 7) is 3.09. The molecule has 1 aromatic heterocycles. The molecule has 0 radical (unpaired) electrons. The second-order valence-electron chi connectivity index (χ2n) is 8.18. The van der Waals surface area contributed by atoms with Crippen LogP contribution in [0.25, 0.3) is 0 Å². The number of benzene rings is 1. The van der Waals surface area contributed by atoms with Gasteiger partial charge in [-0.05, 0) is 45.6 Å². The van der Waals surface area contributed by atoms with Gasteiger partial charge >= 0.3 is 6.03 Å². The SMILES string of the molecule is CN(C)C(C)(CO)CCn1nc2c(c1C=O)CN(C(=O)Nc1ccc(F)c(Cl)c1)CC2. The molecule has 8 nitrogen and oxygen atoms in total. The van der Waals surface area contributed by atoms with E-state index in [1.807, 2.05) is 25.9 Å². The highest BCUT2D eigenvalue weighted by molar-refractivity contribution is 6.31. The molecule has 168 valence electrons. The lowest BCUT2D eigenvalue weighted by molar-refractivity contribution is 0.0711. The van der Waals surface area contributed by atoms with Gasteiger partial charge in [0.1, 0.15) is 11.5 Å². The zero-order valence-corrected chi connectivity index (χ0v) is 18.6. The van der Waals surface area contributed by atoms with Gasteiger partial charge in [0, 0.05) is 36.3 Å². The van der Waals surface area contributed by atoms with Crippen LogP contribution in [0.4, 0.5) is 14.9 Å². The second kappa shape index (κ2) is 9.33. The summed E-state index contributed by atoms with van der Waals surface area (Å²) in [5, 5.41) is 17.0. The fourth-order valence-corrected chi connectivity index (χ4v) is 3.67. The van der Waals surface area contributed by atoms with Gasteiger partial charge in [0.25, 0.3) is 0 Å². The molecule has 1 aromatic carbocycles. The monoisotopic (exact) mass is 451 g/mol. The van der Waals surface area contributed by atoms with Gasteiger partial charge in [0.15, 0.2) is 6.29 Å². The van der Waals surface area contributed by atoms with E-state index < -0.39 is 11.4 Å². The van der Waals surface area contributed by atoms with Crippen molar-refractivity contribution in [1.29, 1.82) is 0 Å². The van der Waals surface area contributed by atoms with Crippen LogP contribution < -0.4 is 5.32 Å². The Labute approximate surface area is 185 Å². The van der Waals surface area contributed by atoms with E-state index >= 15 is 0 Å². The van der Waals surface area contributed by atoms with Crippen molar-refractivity contribution in [3.63, 3.8) is 0 Å². The number of rotatable bonds is 7. The molecule has 2 N–H and O–H groups in total. The highest BCUT2D eigenvalue weighted by Crippen LogP contribution is 2.25. The summed E-state index contributed by atoms with van der Waals surface area (Å²) >= 11 is 5.78. The van der Waals surface area contributed by atoms with Crippen LogP contribution in [0.2, 0.25) is 5.02 Å². The smallest absolute Gasteiger partial charge is 0.322 e. The van der Waals surface area contributed by atoms with Crippen molar-refractivity contribution < 1.29 is 19.1 Å². The topological polar surface area (TPSA) is 90.7 Å². The van der Waals surface area contributed by atoms with E-state index in [1.54, 1.807) is 9.58 Å². The molecule has 2 amide bonds. The third kappa shape index (κ3) is 4.89. The van der Waals surface area contributed by atoms with Crippen LogP contribution in [0.3, 0.4) is 0 Å². The molecule has 0 saturated carbocycles. The normalized spacial score (nSPS) is 15.5. The fourth-order valence-electron chi connectivity index (χ4n) is 3.49. The number of carbonyl (C=O) groups is 2. The van der Waals surface area contributed by atoms with Gasteiger partial charge in [-0.15, -0.1) is 0 Å². The molecule has 31 heavy (non-hydrogen) atoms. The summed E-state index contributed by atoms with van der Waals surface area (Å²) in [5.74, 6) is -0.558. The van der Waals surface area contributed by atoms with Crippen molar-refractivity contribution in [2.75, 3.05) is 32.6 Å². The summed E-state index contributed by atoms with van der Waals surface area (Å²) in [6, 6.07) is 3.61. The molecule has 0 fully saturated rings. The first kappa shape index (κ1) is 23.2. The minimum atomic E-state index is -0.558. The van der Waals surface area contributed by atoms with Crippen LogP contribution in [-0.4, -0.2) is 69.8 Å². The Balaban J connectivity index is 1.73. The van der Waals surface area contributed by atoms with Crippen LogP contribution in [0.1, 0.15) is 35.1 Å². The number of likely N-dealkylation sites (N-methyl/N-ethyl adjacent to an activating group) is 1. The molecule has 0 aliphatic carbocycles. The first-order valence-corrected chi connectivity index (χ1v) is 10.4. The van der Waals surface area contributed by atoms with Gasteiger partial charge in [0.2, 0.25) is 0 Å². The van der Waals surface area contributed by atoms with Gasteiger partial charge in [-0.3, -0.25) is 9.48 Å². The Hall–Kier alpha value is -2.49. The summed E-state index contributed by atoms with van der Waals surface area (Å²) < 4.78 is 15.0. The second-order valence-corrected chi connectivity index (χ2v) is 8.59. The van der Waals surface area contributed by atoms with E-state index in [1.165, 1.54) is 18.2 Å². The Morgan fingerprint density at radius 3 is 2.81 bits per heavy atom. The van der Waals surface area contributed by atoms with Gasteiger partial charge < -0.3 is 20.2 Å². The number of aryl methyl sites for hydroxylation is 1. The molecule has 0 bridgehead atoms. The number of amides is 2. The molecule has 0 spiro atoms. The predicted octanol–water partition coefficient (Wildman–Crippen LogP) is 2.78. The van der Waals surface area contributed by atoms with Crippen molar-refractivity contribution in [3.8, 4) is 0 Å². The Kier molecular flexibility index (Phi) is 6.98. The van der Waals surface area contributed by atoms with Crippen LogP contribution in [0.15, 0.2) is 18.2 Å². The lowest BCUT2D eigenvalue weighted by Gasteiger charge is -2.34. The molecule has 2 heterocycles. The maximum atomic E-state index is 13.3. The Bertz CT molecular complexity index is 980. The van der Waals surface area contributed by atoms with Crippen LogP contribution in [-0.2, 0) is 19.5 Å². The molecule has 3 rings (SSSR count). The van der Waals surface area contributed by atoms with Gasteiger partial charge in [0.05, 0.1) is 23.9 Å². The van der Waals surface area contributed by atoms with Crippen LogP contribution in [0.5, 0.6) is 0 Å². The van der Waals surface area contributed by atoms with Crippen LogP contribution >= 0.6 is 11.6 Å². The van der Waals surface area contributed by atoms with Gasteiger partial charge in [-0.25, -0.2) is 9.18 Å². The number of fused-ring (bicyclic) bond motifs is 1. The summed E-state index contributed by atoms with van der Waals surface area (Å²) in [4.78, 5) is 28.0. The first-order valence-electron chi connectivity index (χ1n) is 10.0. The zero-order valence-electron chi connectivity index (χ0n) is 17.9. The van der Waals surface area contributed by atoms with Gasteiger partial charge in [-0.1, -0.05) is 11.6 Å². The van der Waals surface area contributed by atoms with Crippen LogP contribution in [0, 0.1) is 5.82 Å². The van der Waals surface area contributed by atoms with E-state index in [2.05, 4.69) is 10.4 Å². The summed E-state index contributed by atoms with van der Waals surface area (Å²) in [6.07, 6.45) is 1.89. The number of carbonyl (C=O) groups excluding carboxylic acids is 2. The van der Waals surface area contributed by atoms with E-state index in [0.717, 1.165) is 17.5 Å². The number of nitrogens with zero attached hydrogens (tertiary/aromatic N) is 4. The quantitative estimate of drug-likeness (QED) is 0.632. The van der Waals surface area contributed by atoms with E-state index in [-0.39, 0.29) is 24.2 Å². The first-order chi connectivity index (χ1) is 14.7. The number of hydrogen-bond acceptors (Lipinski definition) is 5. The minimum Gasteiger partial charge on any atom is -0.394 e. The molecule has 0 saturated heterocycles. The zero-order chi connectivity index (χ0) is 22.8. The van der Waals surface area contributed by atoms with Crippen molar-refractivity contribution in [1.82, 2.24) is 19.6 Å². The average Bonchev–Trinajstić information content (AvgIpc) is 3.11. The van der Waals surface area contributed by atoms with E-state index in [0.29, 0.717) is 37.3 Å². The largest absolute Gasteiger partial charge is 0.394 e. The number of aromatic nitrogens is 2. The third-order valence-electron chi connectivity index (χ3n) is 6.00. The van der Waals surface area contributed by atoms with E-state index in [9.17, 15) is 19.1 Å². The fraction of sp³-hybridized carbons (Fsp3) is 0.476. The highest BCUT2D eigenvalue weighted by Gasteiger charge is 2.30. The Morgan fingerprint density at radius 1 is 1.45 bits per heavy atom. The number of anilines is 1. The summed E-state index contributed by atoms with van der Waals surface area (Å²) in [5.41, 5.74) is 1.92. The van der Waals surface area contributed by atoms with Crippen molar-refractivity contribution in [3.05, 3.63) is 46.0 Å². The Morgan fingerprint density at radius 2 is 2.19 bits per heavy atom. The third-order valence-corrected chi connectivity index (χ3v) is 6.29. The molecule has 2 aromatic rings. The highest BCUT2D eigenvalue weighted by atomic mass is 35.5.